The molecule has 4 heteroatoms. The van der Waals surface area contributed by atoms with Gasteiger partial charge in [-0.2, -0.15) is 0 Å². The molecule has 0 bridgehead atoms. The van der Waals surface area contributed by atoms with E-state index in [-0.39, 0.29) is 12.1 Å². The lowest BCUT2D eigenvalue weighted by Crippen LogP contribution is -2.57. The lowest BCUT2D eigenvalue weighted by molar-refractivity contribution is 0.465. The summed E-state index contributed by atoms with van der Waals surface area (Å²) in [5.74, 6) is 3.48. The van der Waals surface area contributed by atoms with E-state index in [1.165, 1.54) is 57.3 Å². The van der Waals surface area contributed by atoms with E-state index in [4.69, 9.17) is 9.47 Å². The van der Waals surface area contributed by atoms with Gasteiger partial charge in [-0.1, -0.05) is 99.6 Å². The molecule has 6 aromatic carbocycles. The Morgan fingerprint density at radius 3 is 1.73 bits per heavy atom. The fourth-order valence-electron chi connectivity index (χ4n) is 7.85. The number of rotatable bonds is 4. The zero-order valence-electron chi connectivity index (χ0n) is 27.8. The first-order chi connectivity index (χ1) is 23.4. The van der Waals surface area contributed by atoms with Crippen molar-refractivity contribution in [3.8, 4) is 34.1 Å². The molecular weight excluding hydrogens is 585 g/mol. The normalized spacial score (nSPS) is 14.1. The first-order valence-corrected chi connectivity index (χ1v) is 17.3. The van der Waals surface area contributed by atoms with Crippen molar-refractivity contribution in [3.05, 3.63) is 144 Å². The van der Waals surface area contributed by atoms with E-state index in [0.29, 0.717) is 0 Å². The van der Waals surface area contributed by atoms with Crippen LogP contribution >= 0.6 is 0 Å². The van der Waals surface area contributed by atoms with Crippen LogP contribution in [-0.2, 0) is 18.3 Å². The summed E-state index contributed by atoms with van der Waals surface area (Å²) in [6.07, 6.45) is 4.69. The van der Waals surface area contributed by atoms with Crippen molar-refractivity contribution >= 4 is 40.2 Å². The quantitative estimate of drug-likeness (QED) is 0.182. The van der Waals surface area contributed by atoms with Crippen LogP contribution < -0.4 is 30.8 Å². The lowest BCUT2D eigenvalue weighted by atomic mass is 9.35. The highest BCUT2D eigenvalue weighted by molar-refractivity contribution is 6.98. The van der Waals surface area contributed by atoms with Gasteiger partial charge < -0.3 is 14.4 Å². The highest BCUT2D eigenvalue weighted by Crippen LogP contribution is 2.47. The van der Waals surface area contributed by atoms with E-state index in [0.717, 1.165) is 52.7 Å². The van der Waals surface area contributed by atoms with Gasteiger partial charge >= 0.3 is 0 Å². The van der Waals surface area contributed by atoms with Gasteiger partial charge in [0.25, 0.3) is 6.71 Å². The smallest absolute Gasteiger partial charge is 0.260 e. The molecule has 0 amide bonds. The van der Waals surface area contributed by atoms with Gasteiger partial charge in [0.1, 0.15) is 23.0 Å². The SMILES string of the molecule is CC(C)(C)c1ccc(N(c2cc3c4c(c2)Oc2ccccc2B4c2ccccc2O3)c2cc3c(cc2-c2ccccc2)CCCC3)cc1. The van der Waals surface area contributed by atoms with Gasteiger partial charge in [0.2, 0.25) is 0 Å². The fraction of sp³-hybridized carbons (Fsp3) is 0.182. The van der Waals surface area contributed by atoms with Crippen molar-refractivity contribution < 1.29 is 9.47 Å². The summed E-state index contributed by atoms with van der Waals surface area (Å²) in [7, 11) is 0. The van der Waals surface area contributed by atoms with E-state index in [2.05, 4.69) is 153 Å². The predicted octanol–water partition coefficient (Wildman–Crippen LogP) is 9.73. The van der Waals surface area contributed by atoms with Gasteiger partial charge in [0.05, 0.1) is 11.4 Å². The van der Waals surface area contributed by atoms with Crippen molar-refractivity contribution in [1.29, 1.82) is 0 Å². The van der Waals surface area contributed by atoms with Crippen LogP contribution in [0.3, 0.4) is 0 Å². The Kier molecular flexibility index (Phi) is 6.76. The average Bonchev–Trinajstić information content (AvgIpc) is 3.11. The van der Waals surface area contributed by atoms with Crippen molar-refractivity contribution in [3.63, 3.8) is 0 Å². The van der Waals surface area contributed by atoms with Gasteiger partial charge in [0.15, 0.2) is 0 Å². The maximum Gasteiger partial charge on any atom is 0.260 e. The fourth-order valence-corrected chi connectivity index (χ4v) is 7.85. The Morgan fingerprint density at radius 2 is 1.12 bits per heavy atom. The molecule has 2 heterocycles. The molecule has 0 radical (unpaired) electrons. The summed E-state index contributed by atoms with van der Waals surface area (Å²) in [4.78, 5) is 2.42. The molecular formula is C44H38BNO2. The van der Waals surface area contributed by atoms with E-state index in [9.17, 15) is 0 Å². The van der Waals surface area contributed by atoms with Gasteiger partial charge in [-0.15, -0.1) is 0 Å². The molecule has 0 N–H and O–H groups in total. The summed E-state index contributed by atoms with van der Waals surface area (Å²) in [5.41, 5.74) is 13.4. The molecule has 6 aromatic rings. The molecule has 0 saturated heterocycles. The minimum Gasteiger partial charge on any atom is -0.458 e. The standard InChI is InChI=1S/C44H38BNO2/c1-44(2,3)32-21-23-33(24-22-32)46(38-26-31-16-8-7-15-30(31)25-35(38)29-13-5-4-6-14-29)34-27-41-43-42(28-34)48-40-20-12-10-18-37(40)45(43)36-17-9-11-19-39(36)47-41/h4-6,9-14,17-28H,7-8,15-16H2,1-3H3. The molecule has 0 aromatic heterocycles. The van der Waals surface area contributed by atoms with Gasteiger partial charge in [0, 0.05) is 28.8 Å². The molecule has 2 aliphatic heterocycles. The Hall–Kier alpha value is -5.22. The predicted molar refractivity (Wildman–Crippen MR) is 200 cm³/mol. The number of ether oxygens (including phenoxy) is 2. The maximum atomic E-state index is 6.76. The summed E-state index contributed by atoms with van der Waals surface area (Å²) in [5, 5.41) is 0. The third-order valence-corrected chi connectivity index (χ3v) is 10.3. The summed E-state index contributed by atoms with van der Waals surface area (Å²) in [6, 6.07) is 46.2. The minimum atomic E-state index is 0.0436. The number of anilines is 3. The molecule has 1 aliphatic carbocycles. The van der Waals surface area contributed by atoms with E-state index < -0.39 is 0 Å². The van der Waals surface area contributed by atoms with E-state index >= 15 is 0 Å². The number of hydrogen-bond acceptors (Lipinski definition) is 3. The zero-order valence-corrected chi connectivity index (χ0v) is 27.8. The second-order valence-corrected chi connectivity index (χ2v) is 14.4. The lowest BCUT2D eigenvalue weighted by Gasteiger charge is -2.35. The Bertz CT molecular complexity index is 2110. The number of benzene rings is 6. The molecule has 0 unspecified atom stereocenters. The molecule has 9 rings (SSSR count). The largest absolute Gasteiger partial charge is 0.458 e. The first-order valence-electron chi connectivity index (χ1n) is 17.3. The third kappa shape index (κ3) is 4.82. The van der Waals surface area contributed by atoms with Crippen LogP contribution in [0.5, 0.6) is 23.0 Å². The second kappa shape index (κ2) is 11.2. The molecule has 0 spiro atoms. The Morgan fingerprint density at radius 1 is 0.562 bits per heavy atom. The Labute approximate surface area is 283 Å². The van der Waals surface area contributed by atoms with Crippen molar-refractivity contribution in [2.24, 2.45) is 0 Å². The summed E-state index contributed by atoms with van der Waals surface area (Å²) >= 11 is 0. The summed E-state index contributed by atoms with van der Waals surface area (Å²) in [6.45, 7) is 6.85. The van der Waals surface area contributed by atoms with Gasteiger partial charge in [-0.25, -0.2) is 0 Å². The van der Waals surface area contributed by atoms with Crippen LogP contribution in [0.2, 0.25) is 0 Å². The number of para-hydroxylation sites is 2. The van der Waals surface area contributed by atoms with E-state index in [1.807, 2.05) is 0 Å². The monoisotopic (exact) mass is 623 g/mol. The second-order valence-electron chi connectivity index (χ2n) is 14.4. The highest BCUT2D eigenvalue weighted by atomic mass is 16.5. The molecule has 48 heavy (non-hydrogen) atoms. The molecule has 3 nitrogen and oxygen atoms in total. The van der Waals surface area contributed by atoms with Crippen molar-refractivity contribution in [2.45, 2.75) is 51.9 Å². The number of nitrogens with zero attached hydrogens (tertiary/aromatic N) is 1. The van der Waals surface area contributed by atoms with Crippen LogP contribution in [0.25, 0.3) is 11.1 Å². The minimum absolute atomic E-state index is 0.0436. The van der Waals surface area contributed by atoms with Crippen molar-refractivity contribution in [2.75, 3.05) is 4.90 Å². The maximum absolute atomic E-state index is 6.76. The van der Waals surface area contributed by atoms with Gasteiger partial charge in [-0.3, -0.25) is 0 Å². The van der Waals surface area contributed by atoms with Crippen LogP contribution in [0.15, 0.2) is 127 Å². The molecule has 0 atom stereocenters. The molecule has 0 saturated carbocycles. The molecule has 0 fully saturated rings. The van der Waals surface area contributed by atoms with Crippen molar-refractivity contribution in [1.82, 2.24) is 0 Å². The van der Waals surface area contributed by atoms with E-state index in [1.54, 1.807) is 0 Å². The highest BCUT2D eigenvalue weighted by Gasteiger charge is 2.40. The van der Waals surface area contributed by atoms with Crippen LogP contribution in [0.4, 0.5) is 17.1 Å². The summed E-state index contributed by atoms with van der Waals surface area (Å²) < 4.78 is 13.5. The topological polar surface area (TPSA) is 21.7 Å². The van der Waals surface area contributed by atoms with Gasteiger partial charge in [-0.05, 0) is 101 Å². The van der Waals surface area contributed by atoms with Crippen LogP contribution in [0, 0.1) is 0 Å². The average molecular weight is 624 g/mol. The Balaban J connectivity index is 1.30. The first kappa shape index (κ1) is 29.0. The molecule has 3 aliphatic rings. The number of hydrogen-bond donors (Lipinski definition) is 0. The molecule has 234 valence electrons. The number of fused-ring (bicyclic) bond motifs is 5. The zero-order chi connectivity index (χ0) is 32.4. The van der Waals surface area contributed by atoms with Crippen LogP contribution in [0.1, 0.15) is 50.3 Å². The van der Waals surface area contributed by atoms with Crippen LogP contribution in [-0.4, -0.2) is 6.71 Å². The third-order valence-electron chi connectivity index (χ3n) is 10.3. The number of aryl methyl sites for hydroxylation is 2.